The second-order valence-corrected chi connectivity index (χ2v) is 3.63. The van der Waals surface area contributed by atoms with Crippen LogP contribution in [-0.4, -0.2) is 18.1 Å². The van der Waals surface area contributed by atoms with Crippen LogP contribution in [0.4, 0.5) is 0 Å². The van der Waals surface area contributed by atoms with Crippen molar-refractivity contribution in [2.45, 2.75) is 25.2 Å². The minimum Gasteiger partial charge on any atom is -0.317 e. The Balaban J connectivity index is 2.06. The molecule has 1 aromatic rings. The highest BCUT2D eigenvalue weighted by molar-refractivity contribution is 5.09. The molecule has 70 valence electrons. The van der Waals surface area contributed by atoms with E-state index in [0.717, 1.165) is 6.54 Å². The summed E-state index contributed by atoms with van der Waals surface area (Å²) in [5, 5.41) is 3.42. The van der Waals surface area contributed by atoms with Gasteiger partial charge in [-0.3, -0.25) is 4.98 Å². The van der Waals surface area contributed by atoms with Gasteiger partial charge in [-0.2, -0.15) is 0 Å². The predicted molar refractivity (Wildman–Crippen MR) is 53.7 cm³/mol. The van der Waals surface area contributed by atoms with Crippen LogP contribution in [-0.2, 0) is 0 Å². The Labute approximate surface area is 79.4 Å². The first-order chi connectivity index (χ1) is 6.47. The highest BCUT2D eigenvalue weighted by Crippen LogP contribution is 2.23. The average molecular weight is 176 g/mol. The Bertz CT molecular complexity index is 238. The van der Waals surface area contributed by atoms with Crippen molar-refractivity contribution in [3.63, 3.8) is 0 Å². The van der Waals surface area contributed by atoms with Crippen molar-refractivity contribution in [1.29, 1.82) is 0 Å². The quantitative estimate of drug-likeness (QED) is 0.707. The van der Waals surface area contributed by atoms with Crippen LogP contribution in [0.25, 0.3) is 0 Å². The molecule has 0 aliphatic carbocycles. The number of hydrogen-bond acceptors (Lipinski definition) is 2. The number of aromatic nitrogens is 1. The summed E-state index contributed by atoms with van der Waals surface area (Å²) in [6, 6.07) is 6.22. The van der Waals surface area contributed by atoms with Crippen molar-refractivity contribution in [1.82, 2.24) is 10.3 Å². The molecule has 2 nitrogen and oxygen atoms in total. The van der Waals surface area contributed by atoms with E-state index in [-0.39, 0.29) is 0 Å². The number of nitrogens with one attached hydrogen (secondary N) is 1. The van der Waals surface area contributed by atoms with E-state index in [2.05, 4.69) is 22.4 Å². The second-order valence-electron chi connectivity index (χ2n) is 3.63. The first-order valence-corrected chi connectivity index (χ1v) is 5.08. The van der Waals surface area contributed by atoms with Crippen LogP contribution in [0.15, 0.2) is 24.4 Å². The maximum absolute atomic E-state index is 4.42. The van der Waals surface area contributed by atoms with Gasteiger partial charge in [0.1, 0.15) is 0 Å². The first kappa shape index (κ1) is 8.70. The largest absolute Gasteiger partial charge is 0.317 e. The van der Waals surface area contributed by atoms with Crippen molar-refractivity contribution < 1.29 is 0 Å². The van der Waals surface area contributed by atoms with Crippen LogP contribution in [0.1, 0.15) is 30.9 Å². The van der Waals surface area contributed by atoms with E-state index in [9.17, 15) is 0 Å². The monoisotopic (exact) mass is 176 g/mol. The van der Waals surface area contributed by atoms with E-state index >= 15 is 0 Å². The smallest absolute Gasteiger partial charge is 0.0434 e. The zero-order valence-electron chi connectivity index (χ0n) is 7.87. The number of hydrogen-bond donors (Lipinski definition) is 1. The van der Waals surface area contributed by atoms with Crippen molar-refractivity contribution in [3.05, 3.63) is 30.1 Å². The van der Waals surface area contributed by atoms with E-state index in [0.29, 0.717) is 5.92 Å². The molecule has 1 N–H and O–H groups in total. The summed E-state index contributed by atoms with van der Waals surface area (Å²) in [4.78, 5) is 4.42. The number of pyridine rings is 1. The topological polar surface area (TPSA) is 24.9 Å². The molecule has 0 saturated carbocycles. The third-order valence-electron chi connectivity index (χ3n) is 2.68. The molecule has 2 rings (SSSR count). The van der Waals surface area contributed by atoms with Crippen molar-refractivity contribution in [3.8, 4) is 0 Å². The molecule has 1 aromatic heterocycles. The van der Waals surface area contributed by atoms with Crippen molar-refractivity contribution >= 4 is 0 Å². The molecule has 1 fully saturated rings. The van der Waals surface area contributed by atoms with Crippen molar-refractivity contribution in [2.75, 3.05) is 13.1 Å². The Hall–Kier alpha value is -0.890. The molecule has 0 amide bonds. The van der Waals surface area contributed by atoms with E-state index in [1.807, 2.05) is 12.3 Å². The molecule has 0 radical (unpaired) electrons. The zero-order chi connectivity index (χ0) is 8.93. The van der Waals surface area contributed by atoms with E-state index in [1.165, 1.54) is 31.5 Å². The average Bonchev–Trinajstić information content (AvgIpc) is 2.47. The second kappa shape index (κ2) is 4.38. The Morgan fingerprint density at radius 2 is 2.23 bits per heavy atom. The molecule has 13 heavy (non-hydrogen) atoms. The van der Waals surface area contributed by atoms with Gasteiger partial charge in [-0.25, -0.2) is 0 Å². The summed E-state index contributed by atoms with van der Waals surface area (Å²) in [5.41, 5.74) is 1.27. The Morgan fingerprint density at radius 3 is 3.08 bits per heavy atom. The molecule has 1 aliphatic rings. The summed E-state index contributed by atoms with van der Waals surface area (Å²) in [7, 11) is 0. The van der Waals surface area contributed by atoms with Gasteiger partial charge < -0.3 is 5.32 Å². The van der Waals surface area contributed by atoms with E-state index in [4.69, 9.17) is 0 Å². The molecule has 2 heterocycles. The van der Waals surface area contributed by atoms with Crippen molar-refractivity contribution in [2.24, 2.45) is 0 Å². The maximum Gasteiger partial charge on any atom is 0.0434 e. The highest BCUT2D eigenvalue weighted by atomic mass is 14.9. The van der Waals surface area contributed by atoms with E-state index in [1.54, 1.807) is 0 Å². The zero-order valence-corrected chi connectivity index (χ0v) is 7.87. The van der Waals surface area contributed by atoms with Gasteiger partial charge in [-0.05, 0) is 44.5 Å². The number of nitrogens with zero attached hydrogens (tertiary/aromatic N) is 1. The lowest BCUT2D eigenvalue weighted by atomic mass is 9.96. The number of rotatable bonds is 1. The fourth-order valence-electron chi connectivity index (χ4n) is 1.93. The minimum absolute atomic E-state index is 0.677. The standard InChI is InChI=1S/C11H16N2/c1-2-8-13-11(5-1)10-4-3-7-12-9-6-10/h1-2,5,8,10,12H,3-4,6-7,9H2. The van der Waals surface area contributed by atoms with Crippen LogP contribution < -0.4 is 5.32 Å². The lowest BCUT2D eigenvalue weighted by Gasteiger charge is -2.11. The van der Waals surface area contributed by atoms with Gasteiger partial charge >= 0.3 is 0 Å². The maximum atomic E-state index is 4.42. The SMILES string of the molecule is c1ccc(C2CCCNCC2)nc1. The molecular formula is C11H16N2. The Kier molecular flexibility index (Phi) is 2.93. The summed E-state index contributed by atoms with van der Waals surface area (Å²) >= 11 is 0. The molecule has 0 bridgehead atoms. The highest BCUT2D eigenvalue weighted by Gasteiger charge is 2.14. The summed E-state index contributed by atoms with van der Waals surface area (Å²) in [6.45, 7) is 2.31. The molecule has 1 unspecified atom stereocenters. The van der Waals surface area contributed by atoms with Crippen LogP contribution in [0.5, 0.6) is 0 Å². The van der Waals surface area contributed by atoms with Gasteiger partial charge in [0, 0.05) is 17.8 Å². The minimum atomic E-state index is 0.677. The lowest BCUT2D eigenvalue weighted by Crippen LogP contribution is -2.13. The molecule has 0 spiro atoms. The molecule has 1 atom stereocenters. The molecule has 1 aliphatic heterocycles. The lowest BCUT2D eigenvalue weighted by molar-refractivity contribution is 0.594. The summed E-state index contributed by atoms with van der Waals surface area (Å²) in [6.07, 6.45) is 5.69. The molecular weight excluding hydrogens is 160 g/mol. The predicted octanol–water partition coefficient (Wildman–Crippen LogP) is 1.94. The summed E-state index contributed by atoms with van der Waals surface area (Å²) in [5.74, 6) is 0.677. The van der Waals surface area contributed by atoms with Gasteiger partial charge in [0.2, 0.25) is 0 Å². The molecule has 2 heteroatoms. The normalized spacial score (nSPS) is 23.8. The third kappa shape index (κ3) is 2.28. The molecule has 1 saturated heterocycles. The van der Waals surface area contributed by atoms with Crippen LogP contribution in [0, 0.1) is 0 Å². The van der Waals surface area contributed by atoms with Gasteiger partial charge in [0.05, 0.1) is 0 Å². The molecule has 0 aromatic carbocycles. The van der Waals surface area contributed by atoms with Crippen LogP contribution >= 0.6 is 0 Å². The van der Waals surface area contributed by atoms with Gasteiger partial charge in [-0.15, -0.1) is 0 Å². The first-order valence-electron chi connectivity index (χ1n) is 5.08. The van der Waals surface area contributed by atoms with Crippen LogP contribution in [0.2, 0.25) is 0 Å². The van der Waals surface area contributed by atoms with Gasteiger partial charge in [0.15, 0.2) is 0 Å². The van der Waals surface area contributed by atoms with Gasteiger partial charge in [-0.1, -0.05) is 6.07 Å². The van der Waals surface area contributed by atoms with E-state index < -0.39 is 0 Å². The third-order valence-corrected chi connectivity index (χ3v) is 2.68. The van der Waals surface area contributed by atoms with Gasteiger partial charge in [0.25, 0.3) is 0 Å². The summed E-state index contributed by atoms with van der Waals surface area (Å²) < 4.78 is 0. The fourth-order valence-corrected chi connectivity index (χ4v) is 1.93. The fraction of sp³-hybridized carbons (Fsp3) is 0.545. The van der Waals surface area contributed by atoms with Crippen LogP contribution in [0.3, 0.4) is 0 Å². The Morgan fingerprint density at radius 1 is 1.23 bits per heavy atom.